The Kier molecular flexibility index (Phi) is 7.76. The Balaban J connectivity index is 2.00. The van der Waals surface area contributed by atoms with Gasteiger partial charge in [-0.1, -0.05) is 64.5 Å². The molecule has 7 nitrogen and oxygen atoms in total. The molecule has 0 heterocycles. The Labute approximate surface area is 202 Å². The predicted octanol–water partition coefficient (Wildman–Crippen LogP) is 3.53. The summed E-state index contributed by atoms with van der Waals surface area (Å²) in [6, 6.07) is 19.3. The number of hydrogen-bond donors (Lipinski definition) is 1. The molecule has 3 rings (SSSR count). The molecule has 0 aliphatic rings. The van der Waals surface area contributed by atoms with Gasteiger partial charge in [-0.3, -0.25) is 13.9 Å². The van der Waals surface area contributed by atoms with Gasteiger partial charge in [-0.15, -0.1) is 0 Å². The highest BCUT2D eigenvalue weighted by atomic mass is 79.9. The van der Waals surface area contributed by atoms with Crippen LogP contribution in [0.3, 0.4) is 0 Å². The molecule has 3 aromatic rings. The zero-order valence-corrected chi connectivity index (χ0v) is 21.1. The van der Waals surface area contributed by atoms with Crippen LogP contribution in [0.1, 0.15) is 12.5 Å². The summed E-state index contributed by atoms with van der Waals surface area (Å²) < 4.78 is 27.5. The van der Waals surface area contributed by atoms with E-state index in [1.54, 1.807) is 19.1 Å². The second kappa shape index (κ2) is 10.4. The molecule has 33 heavy (non-hydrogen) atoms. The van der Waals surface area contributed by atoms with Gasteiger partial charge in [0, 0.05) is 23.5 Å². The molecule has 9 heteroatoms. The summed E-state index contributed by atoms with van der Waals surface area (Å²) >= 11 is 3.42. The van der Waals surface area contributed by atoms with Crippen LogP contribution in [0.15, 0.2) is 71.2 Å². The third kappa shape index (κ3) is 5.91. The van der Waals surface area contributed by atoms with Gasteiger partial charge in [0.2, 0.25) is 21.8 Å². The molecular formula is C24H26BrN3O4S. The molecule has 0 aromatic heterocycles. The highest BCUT2D eigenvalue weighted by molar-refractivity contribution is 9.10. The minimum absolute atomic E-state index is 0.153. The minimum atomic E-state index is -3.79. The van der Waals surface area contributed by atoms with Gasteiger partial charge in [-0.2, -0.15) is 0 Å². The summed E-state index contributed by atoms with van der Waals surface area (Å²) in [6.07, 6.45) is 1.07. The molecule has 0 spiro atoms. The van der Waals surface area contributed by atoms with E-state index in [9.17, 15) is 18.0 Å². The van der Waals surface area contributed by atoms with Gasteiger partial charge in [0.1, 0.15) is 12.6 Å². The number of fused-ring (bicyclic) bond motifs is 1. The van der Waals surface area contributed by atoms with Crippen molar-refractivity contribution in [2.45, 2.75) is 19.5 Å². The number of nitrogens with one attached hydrogen (secondary N) is 1. The van der Waals surface area contributed by atoms with Gasteiger partial charge in [0.15, 0.2) is 0 Å². The van der Waals surface area contributed by atoms with Crippen LogP contribution in [-0.4, -0.2) is 51.0 Å². The van der Waals surface area contributed by atoms with Gasteiger partial charge in [-0.25, -0.2) is 8.42 Å². The van der Waals surface area contributed by atoms with Crippen molar-refractivity contribution < 1.29 is 18.0 Å². The lowest BCUT2D eigenvalue weighted by molar-refractivity contribution is -0.139. The summed E-state index contributed by atoms with van der Waals surface area (Å²) in [5.41, 5.74) is 1.23. The van der Waals surface area contributed by atoms with E-state index in [4.69, 9.17) is 0 Å². The van der Waals surface area contributed by atoms with E-state index in [-0.39, 0.29) is 12.5 Å². The average Bonchev–Trinajstić information content (AvgIpc) is 2.79. The van der Waals surface area contributed by atoms with E-state index in [0.717, 1.165) is 31.4 Å². The SMILES string of the molecule is CNC(=O)C(C)N(Cc1cccc(Br)c1)C(=O)CN(c1cccc2ccccc12)S(C)(=O)=O. The van der Waals surface area contributed by atoms with Crippen molar-refractivity contribution in [2.75, 3.05) is 24.2 Å². The summed E-state index contributed by atoms with van der Waals surface area (Å²) in [5.74, 6) is -0.821. The Morgan fingerprint density at radius 1 is 1.03 bits per heavy atom. The molecule has 0 aliphatic carbocycles. The summed E-state index contributed by atoms with van der Waals surface area (Å²) in [6.45, 7) is 1.35. The number of anilines is 1. The Morgan fingerprint density at radius 3 is 2.36 bits per heavy atom. The molecule has 174 valence electrons. The van der Waals surface area contributed by atoms with E-state index >= 15 is 0 Å². The Hall–Kier alpha value is -2.91. The lowest BCUT2D eigenvalue weighted by atomic mass is 10.1. The number of carbonyl (C=O) groups is 2. The number of rotatable bonds is 8. The lowest BCUT2D eigenvalue weighted by Crippen LogP contribution is -2.50. The molecule has 0 fully saturated rings. The first kappa shape index (κ1) is 24.7. The lowest BCUT2D eigenvalue weighted by Gasteiger charge is -2.31. The largest absolute Gasteiger partial charge is 0.357 e. The quantitative estimate of drug-likeness (QED) is 0.481. The van der Waals surface area contributed by atoms with Crippen LogP contribution in [-0.2, 0) is 26.2 Å². The van der Waals surface area contributed by atoms with Crippen molar-refractivity contribution >= 4 is 54.2 Å². The number of halogens is 1. The summed E-state index contributed by atoms with van der Waals surface area (Å²) in [7, 11) is -2.29. The third-order valence-electron chi connectivity index (χ3n) is 5.37. The van der Waals surface area contributed by atoms with Crippen LogP contribution >= 0.6 is 15.9 Å². The molecular weight excluding hydrogens is 506 g/mol. The molecule has 0 saturated carbocycles. The average molecular weight is 532 g/mol. The van der Waals surface area contributed by atoms with E-state index in [1.807, 2.05) is 54.6 Å². The van der Waals surface area contributed by atoms with Crippen LogP contribution in [0.5, 0.6) is 0 Å². The summed E-state index contributed by atoms with van der Waals surface area (Å²) in [4.78, 5) is 27.3. The smallest absolute Gasteiger partial charge is 0.244 e. The fourth-order valence-corrected chi connectivity index (χ4v) is 4.95. The molecule has 3 aromatic carbocycles. The van der Waals surface area contributed by atoms with Crippen LogP contribution in [0.2, 0.25) is 0 Å². The maximum atomic E-state index is 13.5. The Morgan fingerprint density at radius 2 is 1.70 bits per heavy atom. The van der Waals surface area contributed by atoms with Gasteiger partial charge >= 0.3 is 0 Å². The van der Waals surface area contributed by atoms with Crippen molar-refractivity contribution in [1.29, 1.82) is 0 Å². The highest BCUT2D eigenvalue weighted by Crippen LogP contribution is 2.28. The van der Waals surface area contributed by atoms with E-state index in [0.29, 0.717) is 5.69 Å². The molecule has 0 saturated heterocycles. The molecule has 0 aliphatic heterocycles. The van der Waals surface area contributed by atoms with Crippen molar-refractivity contribution in [2.24, 2.45) is 0 Å². The second-order valence-corrected chi connectivity index (χ2v) is 10.5. The first-order valence-electron chi connectivity index (χ1n) is 10.3. The first-order chi connectivity index (χ1) is 15.6. The van der Waals surface area contributed by atoms with Crippen molar-refractivity contribution in [3.63, 3.8) is 0 Å². The zero-order chi connectivity index (χ0) is 24.2. The zero-order valence-electron chi connectivity index (χ0n) is 18.7. The highest BCUT2D eigenvalue weighted by Gasteiger charge is 2.30. The Bertz CT molecular complexity index is 1270. The number of likely N-dealkylation sites (N-methyl/N-ethyl adjacent to an activating group) is 1. The number of nitrogens with zero attached hydrogens (tertiary/aromatic N) is 2. The third-order valence-corrected chi connectivity index (χ3v) is 6.99. The van der Waals surface area contributed by atoms with Crippen LogP contribution < -0.4 is 9.62 Å². The number of carbonyl (C=O) groups excluding carboxylic acids is 2. The maximum Gasteiger partial charge on any atom is 0.244 e. The minimum Gasteiger partial charge on any atom is -0.357 e. The second-order valence-electron chi connectivity index (χ2n) is 7.71. The van der Waals surface area contributed by atoms with E-state index in [2.05, 4.69) is 21.2 Å². The topological polar surface area (TPSA) is 86.8 Å². The predicted molar refractivity (Wildman–Crippen MR) is 134 cm³/mol. The van der Waals surface area contributed by atoms with Gasteiger partial charge < -0.3 is 10.2 Å². The van der Waals surface area contributed by atoms with Crippen molar-refractivity contribution in [3.05, 3.63) is 76.8 Å². The van der Waals surface area contributed by atoms with Gasteiger partial charge in [0.25, 0.3) is 0 Å². The number of sulfonamides is 1. The van der Waals surface area contributed by atoms with E-state index in [1.165, 1.54) is 11.9 Å². The van der Waals surface area contributed by atoms with Crippen LogP contribution in [0.25, 0.3) is 10.8 Å². The molecule has 1 atom stereocenters. The molecule has 2 amide bonds. The number of hydrogen-bond acceptors (Lipinski definition) is 4. The monoisotopic (exact) mass is 531 g/mol. The molecule has 1 N–H and O–H groups in total. The molecule has 0 radical (unpaired) electrons. The fraction of sp³-hybridized carbons (Fsp3) is 0.250. The van der Waals surface area contributed by atoms with Crippen molar-refractivity contribution in [3.8, 4) is 0 Å². The number of benzene rings is 3. The van der Waals surface area contributed by atoms with E-state index < -0.39 is 28.5 Å². The normalized spacial score (nSPS) is 12.2. The van der Waals surface area contributed by atoms with Gasteiger partial charge in [0.05, 0.1) is 11.9 Å². The standard InChI is InChI=1S/C24H26BrN3O4S/c1-17(24(30)26-2)27(15-18-8-6-11-20(25)14-18)23(29)16-28(33(3,31)32)22-13-7-10-19-9-4-5-12-21(19)22/h4-14,17H,15-16H2,1-3H3,(H,26,30). The number of amides is 2. The van der Waals surface area contributed by atoms with Crippen molar-refractivity contribution in [1.82, 2.24) is 10.2 Å². The van der Waals surface area contributed by atoms with Crippen LogP contribution in [0, 0.1) is 0 Å². The molecule has 0 bridgehead atoms. The van der Waals surface area contributed by atoms with Crippen LogP contribution in [0.4, 0.5) is 5.69 Å². The fourth-order valence-electron chi connectivity index (χ4n) is 3.64. The molecule has 1 unspecified atom stereocenters. The van der Waals surface area contributed by atoms with Gasteiger partial charge in [-0.05, 0) is 36.1 Å². The maximum absolute atomic E-state index is 13.5. The first-order valence-corrected chi connectivity index (χ1v) is 13.0. The summed E-state index contributed by atoms with van der Waals surface area (Å²) in [5, 5.41) is 4.14.